The van der Waals surface area contributed by atoms with Gasteiger partial charge >= 0.3 is 0 Å². The predicted molar refractivity (Wildman–Crippen MR) is 81.2 cm³/mol. The smallest absolute Gasteiger partial charge is 0.257 e. The fourth-order valence-corrected chi connectivity index (χ4v) is 2.23. The van der Waals surface area contributed by atoms with Crippen molar-refractivity contribution in [2.24, 2.45) is 5.92 Å². The van der Waals surface area contributed by atoms with Gasteiger partial charge in [-0.3, -0.25) is 4.79 Å². The molecule has 0 unspecified atom stereocenters. The second-order valence-corrected chi connectivity index (χ2v) is 5.67. The Morgan fingerprint density at radius 2 is 2.30 bits per heavy atom. The van der Waals surface area contributed by atoms with E-state index in [4.69, 9.17) is 4.74 Å². The van der Waals surface area contributed by atoms with Gasteiger partial charge < -0.3 is 15.4 Å². The van der Waals surface area contributed by atoms with E-state index in [-0.39, 0.29) is 12.5 Å². The van der Waals surface area contributed by atoms with Crippen molar-refractivity contribution in [2.75, 3.05) is 25.0 Å². The first-order valence-corrected chi connectivity index (χ1v) is 7.41. The molecule has 1 aliphatic rings. The van der Waals surface area contributed by atoms with E-state index in [1.54, 1.807) is 0 Å². The minimum Gasteiger partial charge on any atom is -0.484 e. The first-order valence-electron chi connectivity index (χ1n) is 7.41. The van der Waals surface area contributed by atoms with Crippen molar-refractivity contribution < 1.29 is 9.53 Å². The molecular weight excluding hydrogens is 252 g/mol. The topological polar surface area (TPSA) is 50.4 Å². The summed E-state index contributed by atoms with van der Waals surface area (Å²) in [6, 6.07) is 6.00. The van der Waals surface area contributed by atoms with Gasteiger partial charge in [-0.05, 0) is 36.8 Å². The molecule has 0 aromatic heterocycles. The zero-order chi connectivity index (χ0) is 14.4. The first kappa shape index (κ1) is 14.7. The number of anilines is 1. The van der Waals surface area contributed by atoms with Crippen LogP contribution in [0.1, 0.15) is 32.3 Å². The quantitative estimate of drug-likeness (QED) is 0.839. The van der Waals surface area contributed by atoms with Crippen LogP contribution in [0.3, 0.4) is 0 Å². The van der Waals surface area contributed by atoms with E-state index in [1.807, 2.05) is 12.1 Å². The summed E-state index contributed by atoms with van der Waals surface area (Å²) in [6.45, 7) is 6.08. The third kappa shape index (κ3) is 4.44. The average Bonchev–Trinajstić information content (AvgIpc) is 2.44. The summed E-state index contributed by atoms with van der Waals surface area (Å²) in [6.07, 6.45) is 3.28. The zero-order valence-corrected chi connectivity index (χ0v) is 12.4. The molecule has 0 spiro atoms. The molecule has 0 atom stereocenters. The molecule has 0 fully saturated rings. The number of carbonyl (C=O) groups is 1. The minimum absolute atomic E-state index is 0.0590. The SMILES string of the molecule is CC(C)CCNC(=O)COc1ccc2c(c1)NCCC2. The largest absolute Gasteiger partial charge is 0.484 e. The van der Waals surface area contributed by atoms with Crippen LogP contribution in [-0.4, -0.2) is 25.6 Å². The fraction of sp³-hybridized carbons (Fsp3) is 0.562. The van der Waals surface area contributed by atoms with Crippen LogP contribution in [0, 0.1) is 5.92 Å². The Morgan fingerprint density at radius 3 is 3.10 bits per heavy atom. The number of amides is 1. The molecule has 0 aliphatic carbocycles. The Kier molecular flexibility index (Phi) is 5.27. The van der Waals surface area contributed by atoms with E-state index >= 15 is 0 Å². The molecule has 1 aromatic rings. The molecule has 0 saturated heterocycles. The van der Waals surface area contributed by atoms with Gasteiger partial charge in [-0.1, -0.05) is 19.9 Å². The van der Waals surface area contributed by atoms with Crippen molar-refractivity contribution >= 4 is 11.6 Å². The van der Waals surface area contributed by atoms with Crippen molar-refractivity contribution in [1.82, 2.24) is 5.32 Å². The lowest BCUT2D eigenvalue weighted by molar-refractivity contribution is -0.123. The zero-order valence-electron chi connectivity index (χ0n) is 12.4. The van der Waals surface area contributed by atoms with Crippen molar-refractivity contribution in [1.29, 1.82) is 0 Å². The Bertz CT molecular complexity index is 458. The standard InChI is InChI=1S/C16H24N2O2/c1-12(2)7-9-18-16(19)11-20-14-6-5-13-4-3-8-17-15(13)10-14/h5-6,10,12,17H,3-4,7-9,11H2,1-2H3,(H,18,19). The number of hydrogen-bond donors (Lipinski definition) is 2. The normalized spacial score (nSPS) is 13.6. The maximum absolute atomic E-state index is 11.6. The van der Waals surface area contributed by atoms with Gasteiger partial charge in [0.05, 0.1) is 0 Å². The molecule has 0 radical (unpaired) electrons. The van der Waals surface area contributed by atoms with E-state index < -0.39 is 0 Å². The maximum atomic E-state index is 11.6. The van der Waals surface area contributed by atoms with Crippen molar-refractivity contribution in [3.8, 4) is 5.75 Å². The maximum Gasteiger partial charge on any atom is 0.257 e. The summed E-state index contributed by atoms with van der Waals surface area (Å²) in [5.74, 6) is 1.29. The number of rotatable bonds is 6. The summed E-state index contributed by atoms with van der Waals surface area (Å²) in [7, 11) is 0. The summed E-state index contributed by atoms with van der Waals surface area (Å²) in [5.41, 5.74) is 2.46. The summed E-state index contributed by atoms with van der Waals surface area (Å²) in [5, 5.41) is 6.22. The van der Waals surface area contributed by atoms with Crippen LogP contribution in [0.2, 0.25) is 0 Å². The third-order valence-corrected chi connectivity index (χ3v) is 3.43. The molecule has 20 heavy (non-hydrogen) atoms. The molecule has 0 saturated carbocycles. The van der Waals surface area contributed by atoms with Crippen LogP contribution in [0.25, 0.3) is 0 Å². The van der Waals surface area contributed by atoms with E-state index in [9.17, 15) is 4.79 Å². The lowest BCUT2D eigenvalue weighted by atomic mass is 10.0. The Labute approximate surface area is 120 Å². The van der Waals surface area contributed by atoms with Gasteiger partial charge in [-0.15, -0.1) is 0 Å². The molecule has 4 heteroatoms. The van der Waals surface area contributed by atoms with Gasteiger partial charge in [0, 0.05) is 24.8 Å². The molecular formula is C16H24N2O2. The number of nitrogens with one attached hydrogen (secondary N) is 2. The molecule has 1 amide bonds. The number of ether oxygens (including phenoxy) is 1. The summed E-state index contributed by atoms with van der Waals surface area (Å²) >= 11 is 0. The third-order valence-electron chi connectivity index (χ3n) is 3.43. The average molecular weight is 276 g/mol. The molecule has 1 aliphatic heterocycles. The Hall–Kier alpha value is -1.71. The monoisotopic (exact) mass is 276 g/mol. The van der Waals surface area contributed by atoms with Crippen molar-refractivity contribution in [3.63, 3.8) is 0 Å². The van der Waals surface area contributed by atoms with Gasteiger partial charge in [-0.25, -0.2) is 0 Å². The van der Waals surface area contributed by atoms with E-state index in [0.717, 1.165) is 30.8 Å². The highest BCUT2D eigenvalue weighted by molar-refractivity contribution is 5.77. The van der Waals surface area contributed by atoms with E-state index in [1.165, 1.54) is 12.0 Å². The Morgan fingerprint density at radius 1 is 1.45 bits per heavy atom. The summed E-state index contributed by atoms with van der Waals surface area (Å²) < 4.78 is 5.54. The molecule has 1 heterocycles. The highest BCUT2D eigenvalue weighted by atomic mass is 16.5. The van der Waals surface area contributed by atoms with Crippen molar-refractivity contribution in [2.45, 2.75) is 33.1 Å². The van der Waals surface area contributed by atoms with Crippen LogP contribution < -0.4 is 15.4 Å². The summed E-state index contributed by atoms with van der Waals surface area (Å²) in [4.78, 5) is 11.6. The van der Waals surface area contributed by atoms with E-state index in [0.29, 0.717) is 12.5 Å². The van der Waals surface area contributed by atoms with Gasteiger partial charge in [0.25, 0.3) is 5.91 Å². The Balaban J connectivity index is 1.77. The van der Waals surface area contributed by atoms with Crippen LogP contribution in [0.15, 0.2) is 18.2 Å². The molecule has 2 rings (SSSR count). The van der Waals surface area contributed by atoms with Gasteiger partial charge in [-0.2, -0.15) is 0 Å². The number of hydrogen-bond acceptors (Lipinski definition) is 3. The van der Waals surface area contributed by atoms with Crippen LogP contribution in [-0.2, 0) is 11.2 Å². The molecule has 0 bridgehead atoms. The fourth-order valence-electron chi connectivity index (χ4n) is 2.23. The molecule has 110 valence electrons. The highest BCUT2D eigenvalue weighted by Gasteiger charge is 2.10. The molecule has 4 nitrogen and oxygen atoms in total. The lowest BCUT2D eigenvalue weighted by Gasteiger charge is -2.18. The minimum atomic E-state index is -0.0590. The predicted octanol–water partition coefficient (Wildman–Crippen LogP) is 2.59. The number of fused-ring (bicyclic) bond motifs is 1. The van der Waals surface area contributed by atoms with Crippen LogP contribution in [0.4, 0.5) is 5.69 Å². The van der Waals surface area contributed by atoms with Gasteiger partial charge in [0.2, 0.25) is 0 Å². The first-order chi connectivity index (χ1) is 9.65. The van der Waals surface area contributed by atoms with Crippen LogP contribution in [0.5, 0.6) is 5.75 Å². The van der Waals surface area contributed by atoms with Gasteiger partial charge in [0.15, 0.2) is 6.61 Å². The molecule has 1 aromatic carbocycles. The van der Waals surface area contributed by atoms with E-state index in [2.05, 4.69) is 30.5 Å². The van der Waals surface area contributed by atoms with Gasteiger partial charge in [0.1, 0.15) is 5.75 Å². The second-order valence-electron chi connectivity index (χ2n) is 5.67. The highest BCUT2D eigenvalue weighted by Crippen LogP contribution is 2.26. The second kappa shape index (κ2) is 7.17. The number of carbonyl (C=O) groups excluding carboxylic acids is 1. The number of benzene rings is 1. The van der Waals surface area contributed by atoms with Crippen molar-refractivity contribution in [3.05, 3.63) is 23.8 Å². The van der Waals surface area contributed by atoms with Crippen LogP contribution >= 0.6 is 0 Å². The number of aryl methyl sites for hydroxylation is 1. The lowest BCUT2D eigenvalue weighted by Crippen LogP contribution is -2.30. The molecule has 2 N–H and O–H groups in total.